The molecule has 0 fully saturated rings. The van der Waals surface area contributed by atoms with Crippen LogP contribution in [-0.4, -0.2) is 36.4 Å². The van der Waals surface area contributed by atoms with Gasteiger partial charge in [-0.1, -0.05) is 344 Å². The predicted molar refractivity (Wildman–Crippen MR) is 344 cm³/mol. The minimum atomic E-state index is -0.772. The Bertz CT molecular complexity index is 1330. The van der Waals surface area contributed by atoms with E-state index in [0.717, 1.165) is 64.2 Å². The van der Waals surface area contributed by atoms with E-state index in [1.807, 2.05) is 0 Å². The lowest BCUT2D eigenvalue weighted by molar-refractivity contribution is -0.161. The zero-order valence-electron chi connectivity index (χ0n) is 52.4. The topological polar surface area (TPSA) is 72.8 Å². The average molecular weight is 1090 g/mol. The molecule has 5 nitrogen and oxygen atoms in total. The first-order valence-electron chi connectivity index (χ1n) is 34.8. The normalized spacial score (nSPS) is 12.5. The molecule has 0 radical (unpaired) electrons. The van der Waals surface area contributed by atoms with Gasteiger partial charge in [0, 0.05) is 12.8 Å². The summed E-state index contributed by atoms with van der Waals surface area (Å²) < 4.78 is 10.8. The fourth-order valence-electron chi connectivity index (χ4n) is 10.6. The molecule has 0 amide bonds. The number of carbonyl (C=O) groups excluding carboxylic acids is 2. The highest BCUT2D eigenvalue weighted by atomic mass is 16.6. The van der Waals surface area contributed by atoms with Crippen LogP contribution < -0.4 is 0 Å². The van der Waals surface area contributed by atoms with Crippen LogP contribution in [0.3, 0.4) is 0 Å². The van der Waals surface area contributed by atoms with Gasteiger partial charge in [0.15, 0.2) is 6.10 Å². The van der Waals surface area contributed by atoms with E-state index in [4.69, 9.17) is 9.47 Å². The predicted octanol–water partition coefficient (Wildman–Crippen LogP) is 24.1. The molecule has 456 valence electrons. The molecule has 1 atom stereocenters. The van der Waals surface area contributed by atoms with Crippen molar-refractivity contribution in [2.24, 2.45) is 0 Å². The van der Waals surface area contributed by atoms with Crippen LogP contribution in [0.5, 0.6) is 0 Å². The van der Waals surface area contributed by atoms with Gasteiger partial charge >= 0.3 is 11.9 Å². The van der Waals surface area contributed by atoms with Crippen molar-refractivity contribution >= 4 is 11.9 Å². The van der Waals surface area contributed by atoms with E-state index in [1.165, 1.54) is 283 Å². The van der Waals surface area contributed by atoms with Crippen LogP contribution in [0.2, 0.25) is 0 Å². The van der Waals surface area contributed by atoms with Crippen molar-refractivity contribution in [3.8, 4) is 0 Å². The third-order valence-electron chi connectivity index (χ3n) is 15.8. The average Bonchev–Trinajstić information content (AvgIpc) is 3.44. The van der Waals surface area contributed by atoms with E-state index >= 15 is 0 Å². The minimum Gasteiger partial charge on any atom is -0.462 e. The van der Waals surface area contributed by atoms with Crippen LogP contribution in [0.1, 0.15) is 373 Å². The molecule has 0 saturated carbocycles. The summed E-state index contributed by atoms with van der Waals surface area (Å²) in [5.74, 6) is -0.570. The molecule has 0 aliphatic heterocycles. The Morgan fingerprint density at radius 3 is 0.846 bits per heavy atom. The standard InChI is InChI=1S/C73H134O5/c1-3-5-7-9-11-13-15-17-19-21-23-25-27-29-31-33-35-36-38-39-41-43-45-47-49-51-53-55-57-59-61-63-65-67-72(75)77-70-71(69-74)78-73(76)68-66-64-62-60-58-56-54-52-50-48-46-44-42-40-37-34-32-30-28-26-24-22-20-18-16-14-12-10-8-6-4-2/h6,8,12,14,18,20-21,23-24,26,71,74H,3-5,7,9-11,13,15-17,19,22,25,27-70H2,1-2H3/b8-6-,14-12-,20-18-,23-21-,26-24-. The van der Waals surface area contributed by atoms with E-state index in [-0.39, 0.29) is 25.2 Å². The second-order valence-electron chi connectivity index (χ2n) is 23.6. The van der Waals surface area contributed by atoms with Gasteiger partial charge in [-0.3, -0.25) is 9.59 Å². The summed E-state index contributed by atoms with van der Waals surface area (Å²) in [5, 5.41) is 9.70. The quantitative estimate of drug-likeness (QED) is 0.0373. The summed E-state index contributed by atoms with van der Waals surface area (Å²) in [7, 11) is 0. The van der Waals surface area contributed by atoms with Crippen LogP contribution in [0.4, 0.5) is 0 Å². The molecule has 0 heterocycles. The van der Waals surface area contributed by atoms with Crippen LogP contribution in [-0.2, 0) is 19.1 Å². The molecule has 0 rings (SSSR count). The number of hydrogen-bond acceptors (Lipinski definition) is 5. The fourth-order valence-corrected chi connectivity index (χ4v) is 10.6. The van der Waals surface area contributed by atoms with Crippen molar-refractivity contribution in [2.75, 3.05) is 13.2 Å². The first kappa shape index (κ1) is 75.6. The summed E-state index contributed by atoms with van der Waals surface area (Å²) in [5.41, 5.74) is 0. The van der Waals surface area contributed by atoms with Gasteiger partial charge in [0.25, 0.3) is 0 Å². The van der Waals surface area contributed by atoms with Crippen LogP contribution in [0.25, 0.3) is 0 Å². The van der Waals surface area contributed by atoms with E-state index in [9.17, 15) is 14.7 Å². The maximum absolute atomic E-state index is 12.4. The molecule has 0 aromatic rings. The molecule has 78 heavy (non-hydrogen) atoms. The van der Waals surface area contributed by atoms with Crippen molar-refractivity contribution in [1.29, 1.82) is 0 Å². The molecule has 0 saturated heterocycles. The van der Waals surface area contributed by atoms with Crippen molar-refractivity contribution in [3.63, 3.8) is 0 Å². The lowest BCUT2D eigenvalue weighted by Gasteiger charge is -2.15. The molecule has 1 unspecified atom stereocenters. The van der Waals surface area contributed by atoms with Gasteiger partial charge in [-0.25, -0.2) is 0 Å². The third-order valence-corrected chi connectivity index (χ3v) is 15.8. The van der Waals surface area contributed by atoms with Crippen LogP contribution in [0.15, 0.2) is 60.8 Å². The van der Waals surface area contributed by atoms with E-state index in [2.05, 4.69) is 74.6 Å². The summed E-state index contributed by atoms with van der Waals surface area (Å²) in [6, 6.07) is 0. The molecule has 0 aromatic carbocycles. The van der Waals surface area contributed by atoms with E-state index in [0.29, 0.717) is 12.8 Å². The van der Waals surface area contributed by atoms with Crippen molar-refractivity contribution < 1.29 is 24.2 Å². The zero-order chi connectivity index (χ0) is 56.2. The number of unbranched alkanes of at least 4 members (excludes halogenated alkanes) is 47. The fraction of sp³-hybridized carbons (Fsp3) is 0.836. The van der Waals surface area contributed by atoms with Gasteiger partial charge in [0.2, 0.25) is 0 Å². The Morgan fingerprint density at radius 1 is 0.308 bits per heavy atom. The molecule has 0 aromatic heterocycles. The number of carbonyl (C=O) groups is 2. The van der Waals surface area contributed by atoms with Gasteiger partial charge in [-0.15, -0.1) is 0 Å². The number of allylic oxidation sites excluding steroid dienone is 10. The highest BCUT2D eigenvalue weighted by Crippen LogP contribution is 2.19. The van der Waals surface area contributed by atoms with E-state index < -0.39 is 6.10 Å². The number of aliphatic hydroxyl groups excluding tert-OH is 1. The van der Waals surface area contributed by atoms with Crippen molar-refractivity contribution in [3.05, 3.63) is 60.8 Å². The highest BCUT2D eigenvalue weighted by Gasteiger charge is 2.16. The molecule has 1 N–H and O–H groups in total. The van der Waals surface area contributed by atoms with Gasteiger partial charge in [0.1, 0.15) is 6.61 Å². The number of hydrogen-bond donors (Lipinski definition) is 1. The Kier molecular flexibility index (Phi) is 66.8. The molecular formula is C73H134O5. The summed E-state index contributed by atoms with van der Waals surface area (Å²) in [6.07, 6.45) is 94.0. The molecule has 5 heteroatoms. The molecular weight excluding hydrogens is 957 g/mol. The largest absolute Gasteiger partial charge is 0.462 e. The summed E-state index contributed by atoms with van der Waals surface area (Å²) >= 11 is 0. The van der Waals surface area contributed by atoms with Gasteiger partial charge < -0.3 is 14.6 Å². The number of ether oxygens (including phenoxy) is 2. The highest BCUT2D eigenvalue weighted by molar-refractivity contribution is 5.70. The second kappa shape index (κ2) is 68.9. The maximum atomic E-state index is 12.4. The summed E-state index contributed by atoms with van der Waals surface area (Å²) in [6.45, 7) is 4.08. The Hall–Kier alpha value is -2.40. The van der Waals surface area contributed by atoms with Crippen molar-refractivity contribution in [2.45, 2.75) is 380 Å². The summed E-state index contributed by atoms with van der Waals surface area (Å²) in [4.78, 5) is 24.7. The smallest absolute Gasteiger partial charge is 0.306 e. The monoisotopic (exact) mass is 1090 g/mol. The van der Waals surface area contributed by atoms with Crippen molar-refractivity contribution in [1.82, 2.24) is 0 Å². The number of rotatable bonds is 65. The Balaban J connectivity index is 3.40. The van der Waals surface area contributed by atoms with Gasteiger partial charge in [0.05, 0.1) is 6.61 Å². The maximum Gasteiger partial charge on any atom is 0.306 e. The second-order valence-corrected chi connectivity index (χ2v) is 23.6. The lowest BCUT2D eigenvalue weighted by Crippen LogP contribution is -2.28. The van der Waals surface area contributed by atoms with E-state index in [1.54, 1.807) is 0 Å². The molecule has 0 aliphatic carbocycles. The van der Waals surface area contributed by atoms with Gasteiger partial charge in [-0.2, -0.15) is 0 Å². The van der Waals surface area contributed by atoms with Crippen LogP contribution in [0, 0.1) is 0 Å². The van der Waals surface area contributed by atoms with Gasteiger partial charge in [-0.05, 0) is 77.0 Å². The Labute approximate surface area is 487 Å². The zero-order valence-corrected chi connectivity index (χ0v) is 52.4. The SMILES string of the molecule is CC/C=C\C/C=C\C/C=C\C/C=C\CCCCCCCCCCCCCCCCCCCCC(=O)OC(CO)COC(=O)CCCCCCCCCCCCCCCCCCCCCCC/C=C\CCCCCCCCCC. The third kappa shape index (κ3) is 66.1. The first-order chi connectivity index (χ1) is 38.6. The first-order valence-corrected chi connectivity index (χ1v) is 34.8. The molecule has 0 spiro atoms. The molecule has 0 bridgehead atoms. The number of esters is 2. The number of aliphatic hydroxyl groups is 1. The molecule has 0 aliphatic rings. The Morgan fingerprint density at radius 2 is 0.551 bits per heavy atom. The minimum absolute atomic E-state index is 0.0611. The lowest BCUT2D eigenvalue weighted by atomic mass is 10.0. The van der Waals surface area contributed by atoms with Crippen LogP contribution >= 0.6 is 0 Å².